The summed E-state index contributed by atoms with van der Waals surface area (Å²) in [5, 5.41) is 8.09. The SMILES string of the molecule is CC(C)c1nncn1C1CCN(S(=O)(=O)Cc2ccc(F)cc2)C1. The number of hydrogen-bond donors (Lipinski definition) is 0. The van der Waals surface area contributed by atoms with Crippen molar-refractivity contribution in [1.82, 2.24) is 19.1 Å². The Hall–Kier alpha value is -1.80. The van der Waals surface area contributed by atoms with Crippen LogP contribution in [-0.4, -0.2) is 40.6 Å². The Kier molecular flexibility index (Phi) is 4.69. The zero-order valence-corrected chi connectivity index (χ0v) is 14.6. The average Bonchev–Trinajstić information content (AvgIpc) is 3.17. The van der Waals surface area contributed by atoms with Gasteiger partial charge in [0, 0.05) is 19.0 Å². The van der Waals surface area contributed by atoms with Crippen LogP contribution in [0.3, 0.4) is 0 Å². The van der Waals surface area contributed by atoms with E-state index in [1.54, 1.807) is 6.33 Å². The second kappa shape index (κ2) is 6.60. The van der Waals surface area contributed by atoms with Crippen LogP contribution < -0.4 is 0 Å². The van der Waals surface area contributed by atoms with Crippen LogP contribution in [-0.2, 0) is 15.8 Å². The molecule has 0 amide bonds. The molecule has 6 nitrogen and oxygen atoms in total. The van der Waals surface area contributed by atoms with Gasteiger partial charge in [-0.2, -0.15) is 4.31 Å². The summed E-state index contributed by atoms with van der Waals surface area (Å²) in [6, 6.07) is 5.64. The fourth-order valence-corrected chi connectivity index (χ4v) is 4.60. The van der Waals surface area contributed by atoms with Gasteiger partial charge in [-0.3, -0.25) is 0 Å². The summed E-state index contributed by atoms with van der Waals surface area (Å²) in [6.07, 6.45) is 2.41. The largest absolute Gasteiger partial charge is 0.313 e. The molecule has 1 atom stereocenters. The van der Waals surface area contributed by atoms with Gasteiger partial charge in [0.2, 0.25) is 10.0 Å². The van der Waals surface area contributed by atoms with E-state index < -0.39 is 10.0 Å². The van der Waals surface area contributed by atoms with Crippen molar-refractivity contribution >= 4 is 10.0 Å². The highest BCUT2D eigenvalue weighted by atomic mass is 32.2. The molecule has 1 unspecified atom stereocenters. The maximum atomic E-state index is 13.0. The van der Waals surface area contributed by atoms with Crippen LogP contribution in [0.2, 0.25) is 0 Å². The van der Waals surface area contributed by atoms with Gasteiger partial charge in [-0.15, -0.1) is 10.2 Å². The summed E-state index contributed by atoms with van der Waals surface area (Å²) < 4.78 is 41.7. The summed E-state index contributed by atoms with van der Waals surface area (Å²) in [4.78, 5) is 0. The summed E-state index contributed by atoms with van der Waals surface area (Å²) in [5.74, 6) is 0.625. The van der Waals surface area contributed by atoms with E-state index in [0.717, 1.165) is 12.2 Å². The molecule has 0 saturated carbocycles. The number of rotatable bonds is 5. The molecule has 130 valence electrons. The van der Waals surface area contributed by atoms with Gasteiger partial charge >= 0.3 is 0 Å². The van der Waals surface area contributed by atoms with Gasteiger partial charge in [0.25, 0.3) is 0 Å². The standard InChI is InChI=1S/C16H21FN4O2S/c1-12(2)16-19-18-11-21(16)15-7-8-20(9-15)24(22,23)10-13-3-5-14(17)6-4-13/h3-6,11-12,15H,7-10H2,1-2H3. The maximum absolute atomic E-state index is 13.0. The Morgan fingerprint density at radius 3 is 2.67 bits per heavy atom. The predicted octanol–water partition coefficient (Wildman–Crippen LogP) is 2.32. The van der Waals surface area contributed by atoms with Gasteiger partial charge in [0.05, 0.1) is 11.8 Å². The molecule has 8 heteroatoms. The zero-order valence-electron chi connectivity index (χ0n) is 13.8. The number of hydrogen-bond acceptors (Lipinski definition) is 4. The minimum atomic E-state index is -3.43. The van der Waals surface area contributed by atoms with E-state index in [0.29, 0.717) is 18.7 Å². The predicted molar refractivity (Wildman–Crippen MR) is 88.4 cm³/mol. The van der Waals surface area contributed by atoms with Crippen LogP contribution in [0.4, 0.5) is 4.39 Å². The molecule has 0 radical (unpaired) electrons. The molecule has 1 aliphatic heterocycles. The van der Waals surface area contributed by atoms with Crippen LogP contribution in [0.1, 0.15) is 43.6 Å². The van der Waals surface area contributed by atoms with Crippen molar-refractivity contribution < 1.29 is 12.8 Å². The molecular weight excluding hydrogens is 331 g/mol. The van der Waals surface area contributed by atoms with Crippen LogP contribution in [0.15, 0.2) is 30.6 Å². The average molecular weight is 352 g/mol. The van der Waals surface area contributed by atoms with Gasteiger partial charge in [0.15, 0.2) is 0 Å². The fraction of sp³-hybridized carbons (Fsp3) is 0.500. The third kappa shape index (κ3) is 3.49. The molecular formula is C16H21FN4O2S. The molecule has 0 N–H and O–H groups in total. The molecule has 3 rings (SSSR count). The van der Waals surface area contributed by atoms with Crippen LogP contribution in [0, 0.1) is 5.82 Å². The topological polar surface area (TPSA) is 68.1 Å². The number of halogens is 1. The summed E-state index contributed by atoms with van der Waals surface area (Å²) in [6.45, 7) is 4.97. The minimum Gasteiger partial charge on any atom is -0.313 e. The quantitative estimate of drug-likeness (QED) is 0.828. The van der Waals surface area contributed by atoms with Gasteiger partial charge in [-0.25, -0.2) is 12.8 Å². The van der Waals surface area contributed by atoms with E-state index in [4.69, 9.17) is 0 Å². The van der Waals surface area contributed by atoms with Crippen molar-refractivity contribution in [2.45, 2.75) is 38.0 Å². The number of sulfonamides is 1. The van der Waals surface area contributed by atoms with Crippen molar-refractivity contribution in [2.24, 2.45) is 0 Å². The van der Waals surface area contributed by atoms with E-state index in [1.807, 2.05) is 18.4 Å². The van der Waals surface area contributed by atoms with E-state index in [-0.39, 0.29) is 23.5 Å². The van der Waals surface area contributed by atoms with Crippen molar-refractivity contribution in [3.05, 3.63) is 47.8 Å². The Balaban J connectivity index is 1.72. The molecule has 1 aromatic carbocycles. The van der Waals surface area contributed by atoms with E-state index in [1.165, 1.54) is 28.6 Å². The van der Waals surface area contributed by atoms with Crippen LogP contribution in [0.5, 0.6) is 0 Å². The van der Waals surface area contributed by atoms with Crippen LogP contribution in [0.25, 0.3) is 0 Å². The number of nitrogens with zero attached hydrogens (tertiary/aromatic N) is 4. The molecule has 1 aromatic heterocycles. The first kappa shape index (κ1) is 17.0. The first-order valence-electron chi connectivity index (χ1n) is 7.98. The molecule has 24 heavy (non-hydrogen) atoms. The van der Waals surface area contributed by atoms with Crippen molar-refractivity contribution in [3.8, 4) is 0 Å². The molecule has 2 aromatic rings. The van der Waals surface area contributed by atoms with E-state index in [9.17, 15) is 12.8 Å². The lowest BCUT2D eigenvalue weighted by Crippen LogP contribution is -2.30. The lowest BCUT2D eigenvalue weighted by molar-refractivity contribution is 0.443. The molecule has 1 aliphatic rings. The maximum Gasteiger partial charge on any atom is 0.218 e. The molecule has 2 heterocycles. The highest BCUT2D eigenvalue weighted by Gasteiger charge is 2.33. The Morgan fingerprint density at radius 1 is 1.29 bits per heavy atom. The van der Waals surface area contributed by atoms with Gasteiger partial charge in [-0.05, 0) is 24.1 Å². The van der Waals surface area contributed by atoms with Gasteiger partial charge in [-0.1, -0.05) is 26.0 Å². The number of aromatic nitrogens is 3. The summed E-state index contributed by atoms with van der Waals surface area (Å²) in [5.41, 5.74) is 0.590. The fourth-order valence-electron chi connectivity index (χ4n) is 3.02. The second-order valence-electron chi connectivity index (χ2n) is 6.43. The monoisotopic (exact) mass is 352 g/mol. The molecule has 0 spiro atoms. The van der Waals surface area contributed by atoms with Crippen molar-refractivity contribution in [2.75, 3.05) is 13.1 Å². The minimum absolute atomic E-state index is 0.0559. The highest BCUT2D eigenvalue weighted by molar-refractivity contribution is 7.88. The van der Waals surface area contributed by atoms with E-state index in [2.05, 4.69) is 10.2 Å². The van der Waals surface area contributed by atoms with Gasteiger partial charge < -0.3 is 4.57 Å². The van der Waals surface area contributed by atoms with E-state index >= 15 is 0 Å². The van der Waals surface area contributed by atoms with Crippen LogP contribution >= 0.6 is 0 Å². The number of benzene rings is 1. The lowest BCUT2D eigenvalue weighted by atomic mass is 10.2. The third-order valence-electron chi connectivity index (χ3n) is 4.29. The lowest BCUT2D eigenvalue weighted by Gasteiger charge is -2.18. The summed E-state index contributed by atoms with van der Waals surface area (Å²) >= 11 is 0. The Labute approximate surface area is 141 Å². The smallest absolute Gasteiger partial charge is 0.218 e. The Morgan fingerprint density at radius 2 is 2.00 bits per heavy atom. The zero-order chi connectivity index (χ0) is 17.3. The van der Waals surface area contributed by atoms with Crippen molar-refractivity contribution in [1.29, 1.82) is 0 Å². The van der Waals surface area contributed by atoms with Gasteiger partial charge in [0.1, 0.15) is 18.0 Å². The normalized spacial score (nSPS) is 19.2. The second-order valence-corrected chi connectivity index (χ2v) is 8.40. The molecule has 0 bridgehead atoms. The summed E-state index contributed by atoms with van der Waals surface area (Å²) in [7, 11) is -3.43. The Bertz CT molecular complexity index is 802. The first-order chi connectivity index (χ1) is 11.4. The molecule has 1 saturated heterocycles. The first-order valence-corrected chi connectivity index (χ1v) is 9.59. The highest BCUT2D eigenvalue weighted by Crippen LogP contribution is 2.27. The van der Waals surface area contributed by atoms with Crippen molar-refractivity contribution in [3.63, 3.8) is 0 Å². The molecule has 1 fully saturated rings. The third-order valence-corrected chi connectivity index (χ3v) is 6.11. The molecule has 0 aliphatic carbocycles.